The smallest absolute Gasteiger partial charge is 0.328 e. The molecule has 7 nitrogen and oxygen atoms in total. The third kappa shape index (κ3) is 3.56. The van der Waals surface area contributed by atoms with Crippen LogP contribution in [0.15, 0.2) is 36.5 Å². The third-order valence-electron chi connectivity index (χ3n) is 3.28. The summed E-state index contributed by atoms with van der Waals surface area (Å²) in [5.41, 5.74) is -1.43. The molecule has 0 saturated carbocycles. The van der Waals surface area contributed by atoms with Crippen LogP contribution in [0.1, 0.15) is 18.1 Å². The predicted octanol–water partition coefficient (Wildman–Crippen LogP) is 2.83. The van der Waals surface area contributed by atoms with Crippen molar-refractivity contribution in [3.63, 3.8) is 0 Å². The monoisotopic (exact) mass is 332 g/mol. The Morgan fingerprint density at radius 2 is 2.17 bits per heavy atom. The fourth-order valence-electron chi connectivity index (χ4n) is 2.11. The maximum absolute atomic E-state index is 11.1. The number of aliphatic hydroxyl groups is 1. The Labute approximate surface area is 137 Å². The molecule has 0 amide bonds. The molecular weight excluding hydrogens is 320 g/mol. The van der Waals surface area contributed by atoms with E-state index in [1.807, 2.05) is 0 Å². The van der Waals surface area contributed by atoms with Gasteiger partial charge >= 0.3 is 5.69 Å². The van der Waals surface area contributed by atoms with Crippen molar-refractivity contribution >= 4 is 23.1 Å². The predicted molar refractivity (Wildman–Crippen MR) is 85.1 cm³/mol. The van der Waals surface area contributed by atoms with E-state index in [4.69, 9.17) is 16.9 Å². The number of hydrogen-bond donors (Lipinski definition) is 2. The molecule has 0 aliphatic heterocycles. The van der Waals surface area contributed by atoms with Gasteiger partial charge < -0.3 is 10.4 Å². The highest BCUT2D eigenvalue weighted by Crippen LogP contribution is 2.30. The van der Waals surface area contributed by atoms with E-state index >= 15 is 0 Å². The number of nitrogens with one attached hydrogen (secondary N) is 1. The summed E-state index contributed by atoms with van der Waals surface area (Å²) in [5.74, 6) is -0.0821. The highest BCUT2D eigenvalue weighted by molar-refractivity contribution is 6.31. The Hall–Kier alpha value is -2.69. The van der Waals surface area contributed by atoms with Gasteiger partial charge in [0.15, 0.2) is 0 Å². The number of benzene rings is 1. The lowest BCUT2D eigenvalue weighted by Crippen LogP contribution is -2.31. The quantitative estimate of drug-likeness (QED) is 0.643. The number of anilines is 1. The lowest BCUT2D eigenvalue weighted by Gasteiger charge is -2.25. The van der Waals surface area contributed by atoms with Crippen molar-refractivity contribution in [2.24, 2.45) is 0 Å². The van der Waals surface area contributed by atoms with Crippen LogP contribution in [0.25, 0.3) is 0 Å². The molecular formula is C15H13ClN4O3. The molecule has 2 rings (SSSR count). The van der Waals surface area contributed by atoms with Crippen molar-refractivity contribution in [1.29, 1.82) is 5.26 Å². The van der Waals surface area contributed by atoms with Crippen molar-refractivity contribution < 1.29 is 10.0 Å². The second-order valence-corrected chi connectivity index (χ2v) is 5.44. The Morgan fingerprint density at radius 1 is 1.48 bits per heavy atom. The average molecular weight is 333 g/mol. The first-order valence-electron chi connectivity index (χ1n) is 6.61. The lowest BCUT2D eigenvalue weighted by molar-refractivity contribution is -0.384. The van der Waals surface area contributed by atoms with Gasteiger partial charge in [0.1, 0.15) is 17.2 Å². The van der Waals surface area contributed by atoms with Crippen LogP contribution in [0.5, 0.6) is 0 Å². The lowest BCUT2D eigenvalue weighted by atomic mass is 9.96. The maximum atomic E-state index is 11.1. The summed E-state index contributed by atoms with van der Waals surface area (Å²) < 4.78 is 0. The summed E-state index contributed by atoms with van der Waals surface area (Å²) >= 11 is 6.07. The van der Waals surface area contributed by atoms with Gasteiger partial charge in [-0.3, -0.25) is 10.1 Å². The number of nitro groups is 1. The second kappa shape index (κ2) is 6.60. The van der Waals surface area contributed by atoms with Gasteiger partial charge in [0.2, 0.25) is 5.82 Å². The molecule has 0 fully saturated rings. The minimum absolute atomic E-state index is 0.0700. The van der Waals surface area contributed by atoms with Gasteiger partial charge in [-0.25, -0.2) is 4.98 Å². The largest absolute Gasteiger partial charge is 0.384 e. The zero-order valence-electron chi connectivity index (χ0n) is 12.2. The number of hydrogen-bond acceptors (Lipinski definition) is 6. The van der Waals surface area contributed by atoms with Crippen molar-refractivity contribution in [2.75, 3.05) is 11.9 Å². The van der Waals surface area contributed by atoms with Crippen molar-refractivity contribution in [2.45, 2.75) is 12.5 Å². The van der Waals surface area contributed by atoms with E-state index in [2.05, 4.69) is 10.3 Å². The molecule has 0 saturated heterocycles. The molecule has 1 atom stereocenters. The van der Waals surface area contributed by atoms with Crippen LogP contribution in [-0.2, 0) is 5.60 Å². The molecule has 1 unspecified atom stereocenters. The van der Waals surface area contributed by atoms with Crippen LogP contribution in [0.2, 0.25) is 5.02 Å². The fourth-order valence-corrected chi connectivity index (χ4v) is 2.45. The first kappa shape index (κ1) is 16.7. The second-order valence-electron chi connectivity index (χ2n) is 5.03. The highest BCUT2D eigenvalue weighted by atomic mass is 35.5. The SMILES string of the molecule is CC(O)(CNc1nccc(C#N)c1[N+](=O)[O-])c1ccccc1Cl. The summed E-state index contributed by atoms with van der Waals surface area (Å²) in [5, 5.41) is 33.8. The molecule has 0 bridgehead atoms. The van der Waals surface area contributed by atoms with Crippen molar-refractivity contribution in [1.82, 2.24) is 4.98 Å². The van der Waals surface area contributed by atoms with Gasteiger partial charge in [-0.05, 0) is 19.1 Å². The van der Waals surface area contributed by atoms with E-state index in [1.165, 1.54) is 19.2 Å². The summed E-state index contributed by atoms with van der Waals surface area (Å²) in [6, 6.07) is 9.78. The van der Waals surface area contributed by atoms with Crippen LogP contribution in [-0.4, -0.2) is 21.6 Å². The summed E-state index contributed by atoms with van der Waals surface area (Å²) in [7, 11) is 0. The number of pyridine rings is 1. The highest BCUT2D eigenvalue weighted by Gasteiger charge is 2.28. The first-order chi connectivity index (χ1) is 10.9. The van der Waals surface area contributed by atoms with E-state index in [9.17, 15) is 15.2 Å². The first-order valence-corrected chi connectivity index (χ1v) is 6.99. The van der Waals surface area contributed by atoms with Gasteiger partial charge in [-0.15, -0.1) is 0 Å². The fraction of sp³-hybridized carbons (Fsp3) is 0.200. The number of rotatable bonds is 5. The standard InChI is InChI=1S/C15H13ClN4O3/c1-15(21,11-4-2-3-5-12(11)16)9-19-14-13(20(22)23)10(8-17)6-7-18-14/h2-7,21H,9H2,1H3,(H,18,19). The van der Waals surface area contributed by atoms with E-state index < -0.39 is 16.2 Å². The van der Waals surface area contributed by atoms with Crippen LogP contribution >= 0.6 is 11.6 Å². The van der Waals surface area contributed by atoms with Crippen LogP contribution in [0, 0.1) is 21.4 Å². The molecule has 118 valence electrons. The average Bonchev–Trinajstić information content (AvgIpc) is 2.52. The molecule has 23 heavy (non-hydrogen) atoms. The third-order valence-corrected chi connectivity index (χ3v) is 3.61. The van der Waals surface area contributed by atoms with Gasteiger partial charge in [0.25, 0.3) is 0 Å². The zero-order chi connectivity index (χ0) is 17.0. The summed E-state index contributed by atoms with van der Waals surface area (Å²) in [4.78, 5) is 14.3. The van der Waals surface area contributed by atoms with E-state index in [0.29, 0.717) is 10.6 Å². The normalized spacial score (nSPS) is 13.0. The van der Waals surface area contributed by atoms with E-state index in [0.717, 1.165) is 0 Å². The van der Waals surface area contributed by atoms with E-state index in [-0.39, 0.29) is 17.9 Å². The van der Waals surface area contributed by atoms with Gasteiger partial charge in [-0.1, -0.05) is 29.8 Å². The molecule has 8 heteroatoms. The van der Waals surface area contributed by atoms with Gasteiger partial charge in [0, 0.05) is 23.3 Å². The Balaban J connectivity index is 2.30. The van der Waals surface area contributed by atoms with Crippen LogP contribution in [0.4, 0.5) is 11.5 Å². The molecule has 2 aromatic rings. The minimum atomic E-state index is -1.38. The maximum Gasteiger partial charge on any atom is 0.328 e. The summed E-state index contributed by atoms with van der Waals surface area (Å²) in [6.07, 6.45) is 1.29. The molecule has 0 spiro atoms. The Kier molecular flexibility index (Phi) is 4.79. The summed E-state index contributed by atoms with van der Waals surface area (Å²) in [6.45, 7) is 1.46. The minimum Gasteiger partial charge on any atom is -0.384 e. The molecule has 0 aliphatic rings. The number of halogens is 1. The Bertz CT molecular complexity index is 787. The molecule has 1 aromatic heterocycles. The van der Waals surface area contributed by atoms with Crippen LogP contribution in [0.3, 0.4) is 0 Å². The molecule has 2 N–H and O–H groups in total. The number of nitrogens with zero attached hydrogens (tertiary/aromatic N) is 3. The topological polar surface area (TPSA) is 112 Å². The molecule has 0 radical (unpaired) electrons. The molecule has 0 aliphatic carbocycles. The van der Waals surface area contributed by atoms with Gasteiger partial charge in [0.05, 0.1) is 4.92 Å². The van der Waals surface area contributed by atoms with Gasteiger partial charge in [-0.2, -0.15) is 5.26 Å². The van der Waals surface area contributed by atoms with Crippen LogP contribution < -0.4 is 5.32 Å². The number of nitriles is 1. The number of aromatic nitrogens is 1. The molecule has 1 aromatic carbocycles. The molecule has 1 heterocycles. The Morgan fingerprint density at radius 3 is 2.78 bits per heavy atom. The van der Waals surface area contributed by atoms with Crippen molar-refractivity contribution in [3.8, 4) is 6.07 Å². The van der Waals surface area contributed by atoms with Crippen molar-refractivity contribution in [3.05, 3.63) is 62.8 Å². The zero-order valence-corrected chi connectivity index (χ0v) is 12.9. The van der Waals surface area contributed by atoms with E-state index in [1.54, 1.807) is 30.3 Å².